The summed E-state index contributed by atoms with van der Waals surface area (Å²) in [5.74, 6) is -0.784. The first-order chi connectivity index (χ1) is 17.1. The lowest BCUT2D eigenvalue weighted by Gasteiger charge is -2.19. The minimum absolute atomic E-state index is 0.0142. The van der Waals surface area contributed by atoms with Gasteiger partial charge < -0.3 is 9.64 Å². The number of ether oxygens (including phenoxy) is 1. The first-order valence-electron chi connectivity index (χ1n) is 10.9. The van der Waals surface area contributed by atoms with E-state index < -0.39 is 16.0 Å². The Balaban J connectivity index is 1.85. The molecule has 4 rings (SSSR count). The third-order valence-corrected chi connectivity index (χ3v) is 9.69. The zero-order valence-corrected chi connectivity index (χ0v) is 24.8. The molecule has 0 unspecified atom stereocenters. The largest absolute Gasteiger partial charge is 0.462 e. The third-order valence-electron chi connectivity index (χ3n) is 5.51. The van der Waals surface area contributed by atoms with Gasteiger partial charge >= 0.3 is 5.97 Å². The summed E-state index contributed by atoms with van der Waals surface area (Å²) in [4.78, 5) is 26.7. The van der Waals surface area contributed by atoms with E-state index in [4.69, 9.17) is 17.0 Å². The number of sulfonamides is 1. The predicted molar refractivity (Wildman–Crippen MR) is 149 cm³/mol. The Morgan fingerprint density at radius 3 is 2.50 bits per heavy atom. The van der Waals surface area contributed by atoms with Crippen LogP contribution >= 0.6 is 55.4 Å². The summed E-state index contributed by atoms with van der Waals surface area (Å²) in [5.41, 5.74) is 2.01. The average molecular weight is 675 g/mol. The monoisotopic (exact) mass is 673 g/mol. The molecule has 3 aromatic rings. The molecule has 1 N–H and O–H groups in total. The molecule has 1 amide bonds. The SMILES string of the molecule is CCOC(=O)c1sc(=S)n(-c2ccc(Br)cc2)c1NS(=O)(=O)c1cc2c(cc1Br)CCN2C(=O)CC. The van der Waals surface area contributed by atoms with Gasteiger partial charge in [0.2, 0.25) is 5.91 Å². The van der Waals surface area contributed by atoms with Gasteiger partial charge in [0.05, 0.1) is 6.61 Å². The number of halogens is 2. The van der Waals surface area contributed by atoms with Crippen LogP contribution in [0.4, 0.5) is 11.5 Å². The van der Waals surface area contributed by atoms with Crippen LogP contribution in [0.25, 0.3) is 5.69 Å². The molecule has 8 nitrogen and oxygen atoms in total. The molecule has 0 radical (unpaired) electrons. The topological polar surface area (TPSA) is 97.7 Å². The minimum Gasteiger partial charge on any atom is -0.462 e. The molecule has 0 saturated carbocycles. The number of carbonyl (C=O) groups is 2. The fourth-order valence-corrected chi connectivity index (χ4v) is 7.64. The Labute approximate surface area is 234 Å². The van der Waals surface area contributed by atoms with E-state index in [0.717, 1.165) is 21.4 Å². The van der Waals surface area contributed by atoms with Gasteiger partial charge in [0.1, 0.15) is 4.90 Å². The molecule has 0 saturated heterocycles. The molecule has 36 heavy (non-hydrogen) atoms. The summed E-state index contributed by atoms with van der Waals surface area (Å²) in [6.07, 6.45) is 0.941. The van der Waals surface area contributed by atoms with Crippen molar-refractivity contribution < 1.29 is 22.7 Å². The zero-order chi connectivity index (χ0) is 26.2. The van der Waals surface area contributed by atoms with Crippen LogP contribution in [0.1, 0.15) is 35.5 Å². The van der Waals surface area contributed by atoms with Crippen molar-refractivity contribution in [1.82, 2.24) is 4.57 Å². The highest BCUT2D eigenvalue weighted by atomic mass is 79.9. The second-order valence-electron chi connectivity index (χ2n) is 7.74. The summed E-state index contributed by atoms with van der Waals surface area (Å²) in [5, 5.41) is 0. The predicted octanol–water partition coefficient (Wildman–Crippen LogP) is 6.07. The van der Waals surface area contributed by atoms with Gasteiger partial charge in [-0.05, 0) is 83.5 Å². The molecule has 1 aliphatic heterocycles. The number of nitrogens with zero attached hydrogens (tertiary/aromatic N) is 2. The number of esters is 1. The third kappa shape index (κ3) is 5.17. The van der Waals surface area contributed by atoms with Crippen molar-refractivity contribution in [2.24, 2.45) is 0 Å². The van der Waals surface area contributed by atoms with Gasteiger partial charge in [0.15, 0.2) is 14.6 Å². The summed E-state index contributed by atoms with van der Waals surface area (Å²) in [6, 6.07) is 10.3. The normalized spacial score (nSPS) is 12.9. The maximum Gasteiger partial charge on any atom is 0.352 e. The van der Waals surface area contributed by atoms with E-state index >= 15 is 0 Å². The van der Waals surface area contributed by atoms with Crippen molar-refractivity contribution in [2.75, 3.05) is 22.8 Å². The second-order valence-corrected chi connectivity index (χ2v) is 12.8. The van der Waals surface area contributed by atoms with Crippen LogP contribution in [0.15, 0.2) is 50.2 Å². The standard InChI is InChI=1S/C23H21Br2N3O5S3/c1-3-19(29)27-10-9-13-11-16(25)18(12-17(13)27)36(31,32)26-21-20(22(30)33-4-2)35-23(34)28(21)15-7-5-14(24)6-8-15/h5-8,11-12,26H,3-4,9-10H2,1-2H3. The Morgan fingerprint density at radius 2 is 1.86 bits per heavy atom. The van der Waals surface area contributed by atoms with Gasteiger partial charge in [-0.2, -0.15) is 0 Å². The van der Waals surface area contributed by atoms with Crippen LogP contribution in [-0.2, 0) is 26.0 Å². The number of hydrogen-bond donors (Lipinski definition) is 1. The van der Waals surface area contributed by atoms with Crippen molar-refractivity contribution in [3.8, 4) is 5.69 Å². The van der Waals surface area contributed by atoms with E-state index in [2.05, 4.69) is 36.6 Å². The van der Waals surface area contributed by atoms with Crippen LogP contribution in [0.3, 0.4) is 0 Å². The highest BCUT2D eigenvalue weighted by Gasteiger charge is 2.31. The fourth-order valence-electron chi connectivity index (χ4n) is 3.85. The maximum atomic E-state index is 13.7. The Hall–Kier alpha value is -2.06. The number of fused-ring (bicyclic) bond motifs is 1. The van der Waals surface area contributed by atoms with Gasteiger partial charge in [-0.1, -0.05) is 34.2 Å². The van der Waals surface area contributed by atoms with Crippen molar-refractivity contribution >= 4 is 88.8 Å². The van der Waals surface area contributed by atoms with Crippen LogP contribution in [0, 0.1) is 3.95 Å². The first kappa shape index (κ1) is 27.0. The lowest BCUT2D eigenvalue weighted by molar-refractivity contribution is -0.118. The highest BCUT2D eigenvalue weighted by Crippen LogP contribution is 2.38. The molecule has 1 aromatic heterocycles. The summed E-state index contributed by atoms with van der Waals surface area (Å²) >= 11 is 13.2. The van der Waals surface area contributed by atoms with E-state index in [-0.39, 0.29) is 32.1 Å². The van der Waals surface area contributed by atoms with E-state index in [1.807, 2.05) is 0 Å². The average Bonchev–Trinajstić information content (AvgIpc) is 3.38. The number of nitrogens with one attached hydrogen (secondary N) is 1. The van der Waals surface area contributed by atoms with Crippen LogP contribution in [0.2, 0.25) is 0 Å². The van der Waals surface area contributed by atoms with E-state index in [9.17, 15) is 18.0 Å². The maximum absolute atomic E-state index is 13.7. The van der Waals surface area contributed by atoms with Crippen molar-refractivity contribution in [3.63, 3.8) is 0 Å². The molecule has 0 bridgehead atoms. The number of benzene rings is 2. The highest BCUT2D eigenvalue weighted by molar-refractivity contribution is 9.10. The van der Waals surface area contributed by atoms with Gasteiger partial charge in [-0.25, -0.2) is 13.2 Å². The molecule has 2 aromatic carbocycles. The van der Waals surface area contributed by atoms with Crippen molar-refractivity contribution in [1.29, 1.82) is 0 Å². The van der Waals surface area contributed by atoms with Crippen LogP contribution in [0.5, 0.6) is 0 Å². The lowest BCUT2D eigenvalue weighted by Crippen LogP contribution is -2.28. The Kier molecular flexibility index (Phi) is 8.05. The molecule has 13 heteroatoms. The first-order valence-corrected chi connectivity index (χ1v) is 15.2. The van der Waals surface area contributed by atoms with Crippen molar-refractivity contribution in [3.05, 3.63) is 59.7 Å². The van der Waals surface area contributed by atoms with Crippen LogP contribution < -0.4 is 9.62 Å². The Bertz CT molecular complexity index is 1510. The lowest BCUT2D eigenvalue weighted by atomic mass is 10.2. The fraction of sp³-hybridized carbons (Fsp3) is 0.261. The summed E-state index contributed by atoms with van der Waals surface area (Å²) < 4.78 is 38.1. The molecule has 0 spiro atoms. The molecule has 0 aliphatic carbocycles. The number of aromatic nitrogens is 1. The number of hydrogen-bond acceptors (Lipinski definition) is 7. The summed E-state index contributed by atoms with van der Waals surface area (Å²) in [7, 11) is -4.23. The second kappa shape index (κ2) is 10.7. The van der Waals surface area contributed by atoms with Crippen molar-refractivity contribution in [2.45, 2.75) is 31.6 Å². The molecule has 0 fully saturated rings. The molecule has 1 aliphatic rings. The molecular weight excluding hydrogens is 654 g/mol. The van der Waals surface area contributed by atoms with E-state index in [1.165, 1.54) is 10.6 Å². The number of carbonyl (C=O) groups excluding carboxylic acids is 2. The van der Waals surface area contributed by atoms with E-state index in [1.54, 1.807) is 49.1 Å². The number of thiazole rings is 1. The van der Waals surface area contributed by atoms with Gasteiger partial charge in [-0.15, -0.1) is 0 Å². The number of rotatable bonds is 7. The van der Waals surface area contributed by atoms with Crippen LogP contribution in [-0.4, -0.2) is 38.0 Å². The molecule has 2 heterocycles. The Morgan fingerprint density at radius 1 is 1.17 bits per heavy atom. The van der Waals surface area contributed by atoms with Gasteiger partial charge in [0, 0.05) is 33.3 Å². The number of amides is 1. The smallest absolute Gasteiger partial charge is 0.352 e. The van der Waals surface area contributed by atoms with E-state index in [0.29, 0.717) is 35.2 Å². The molecule has 0 atom stereocenters. The summed E-state index contributed by atoms with van der Waals surface area (Å²) in [6.45, 7) is 4.04. The number of anilines is 2. The van der Waals surface area contributed by atoms with Gasteiger partial charge in [0.25, 0.3) is 10.0 Å². The quantitative estimate of drug-likeness (QED) is 0.241. The minimum atomic E-state index is -4.23. The zero-order valence-electron chi connectivity index (χ0n) is 19.2. The van der Waals surface area contributed by atoms with Gasteiger partial charge in [-0.3, -0.25) is 14.1 Å². The molecular formula is C23H21Br2N3O5S3. The molecule has 190 valence electrons.